The number of rotatable bonds is 8. The lowest BCUT2D eigenvalue weighted by atomic mass is 10.1. The molecule has 1 saturated heterocycles. The topological polar surface area (TPSA) is 37.6 Å². The van der Waals surface area contributed by atoms with Crippen molar-refractivity contribution < 1.29 is 9.15 Å². The first kappa shape index (κ1) is 15.5. The molecule has 114 valence electrons. The molecule has 1 aliphatic heterocycles. The molecule has 0 spiro atoms. The second-order valence-corrected chi connectivity index (χ2v) is 6.24. The van der Waals surface area contributed by atoms with Crippen LogP contribution in [0.15, 0.2) is 16.7 Å². The van der Waals surface area contributed by atoms with Crippen molar-refractivity contribution in [2.75, 3.05) is 33.4 Å². The summed E-state index contributed by atoms with van der Waals surface area (Å²) in [4.78, 5) is 2.47. The average molecular weight is 280 g/mol. The Hall–Kier alpha value is -0.840. The maximum absolute atomic E-state index is 5.67. The SMILES string of the molecule is COCC1CCN(Cc2occc2CNCC(C)C)C1. The van der Waals surface area contributed by atoms with Gasteiger partial charge in [-0.1, -0.05) is 13.8 Å². The Morgan fingerprint density at radius 3 is 3.10 bits per heavy atom. The van der Waals surface area contributed by atoms with E-state index in [1.807, 2.05) is 6.26 Å². The summed E-state index contributed by atoms with van der Waals surface area (Å²) in [5, 5.41) is 3.48. The molecule has 2 heterocycles. The molecule has 1 unspecified atom stereocenters. The van der Waals surface area contributed by atoms with Gasteiger partial charge in [0.1, 0.15) is 5.76 Å². The van der Waals surface area contributed by atoms with Gasteiger partial charge in [0, 0.05) is 25.8 Å². The number of likely N-dealkylation sites (tertiary alicyclic amines) is 1. The van der Waals surface area contributed by atoms with Crippen molar-refractivity contribution in [3.05, 3.63) is 23.7 Å². The normalized spacial score (nSPS) is 20.1. The average Bonchev–Trinajstić information content (AvgIpc) is 3.01. The maximum Gasteiger partial charge on any atom is 0.122 e. The van der Waals surface area contributed by atoms with Crippen molar-refractivity contribution in [3.63, 3.8) is 0 Å². The van der Waals surface area contributed by atoms with Gasteiger partial charge in [-0.15, -0.1) is 0 Å². The Bertz CT molecular complexity index is 390. The number of hydrogen-bond donors (Lipinski definition) is 1. The lowest BCUT2D eigenvalue weighted by Gasteiger charge is -2.15. The number of hydrogen-bond acceptors (Lipinski definition) is 4. The van der Waals surface area contributed by atoms with Crippen molar-refractivity contribution in [2.24, 2.45) is 11.8 Å². The smallest absolute Gasteiger partial charge is 0.122 e. The van der Waals surface area contributed by atoms with Crippen LogP contribution < -0.4 is 5.32 Å². The van der Waals surface area contributed by atoms with Gasteiger partial charge in [0.05, 0.1) is 19.4 Å². The predicted octanol–water partition coefficient (Wildman–Crippen LogP) is 2.49. The van der Waals surface area contributed by atoms with E-state index < -0.39 is 0 Å². The zero-order chi connectivity index (χ0) is 14.4. The Morgan fingerprint density at radius 1 is 1.50 bits per heavy atom. The summed E-state index contributed by atoms with van der Waals surface area (Å²) in [6.45, 7) is 10.5. The molecule has 0 amide bonds. The zero-order valence-electron chi connectivity index (χ0n) is 13.0. The van der Waals surface area contributed by atoms with E-state index >= 15 is 0 Å². The number of nitrogens with zero attached hydrogens (tertiary/aromatic N) is 1. The summed E-state index contributed by atoms with van der Waals surface area (Å²) in [6.07, 6.45) is 3.04. The molecule has 1 aliphatic rings. The molecule has 0 radical (unpaired) electrons. The minimum atomic E-state index is 0.678. The van der Waals surface area contributed by atoms with Crippen molar-refractivity contribution in [3.8, 4) is 0 Å². The third-order valence-electron chi connectivity index (χ3n) is 3.85. The highest BCUT2D eigenvalue weighted by Gasteiger charge is 2.23. The van der Waals surface area contributed by atoms with Gasteiger partial charge in [0.2, 0.25) is 0 Å². The van der Waals surface area contributed by atoms with Gasteiger partial charge in [-0.3, -0.25) is 4.90 Å². The van der Waals surface area contributed by atoms with E-state index in [9.17, 15) is 0 Å². The van der Waals surface area contributed by atoms with Crippen LogP contribution in [0.4, 0.5) is 0 Å². The first-order valence-electron chi connectivity index (χ1n) is 7.66. The molecule has 0 saturated carbocycles. The van der Waals surface area contributed by atoms with E-state index in [1.54, 1.807) is 7.11 Å². The van der Waals surface area contributed by atoms with Crippen LogP contribution in [0.5, 0.6) is 0 Å². The van der Waals surface area contributed by atoms with Gasteiger partial charge in [0.25, 0.3) is 0 Å². The number of methoxy groups -OCH3 is 1. The Labute approximate surface area is 122 Å². The zero-order valence-corrected chi connectivity index (χ0v) is 13.0. The lowest BCUT2D eigenvalue weighted by Crippen LogP contribution is -2.23. The monoisotopic (exact) mass is 280 g/mol. The highest BCUT2D eigenvalue weighted by molar-refractivity contribution is 5.17. The number of ether oxygens (including phenoxy) is 1. The maximum atomic E-state index is 5.67. The molecule has 0 aliphatic carbocycles. The minimum Gasteiger partial charge on any atom is -0.468 e. The van der Waals surface area contributed by atoms with Crippen molar-refractivity contribution in [1.82, 2.24) is 10.2 Å². The van der Waals surface area contributed by atoms with Crippen molar-refractivity contribution >= 4 is 0 Å². The highest BCUT2D eigenvalue weighted by Crippen LogP contribution is 2.21. The van der Waals surface area contributed by atoms with Gasteiger partial charge in [-0.05, 0) is 37.4 Å². The van der Waals surface area contributed by atoms with Crippen LogP contribution in [0, 0.1) is 11.8 Å². The van der Waals surface area contributed by atoms with Crippen LogP contribution in [-0.2, 0) is 17.8 Å². The van der Waals surface area contributed by atoms with Crippen molar-refractivity contribution in [1.29, 1.82) is 0 Å². The number of nitrogens with one attached hydrogen (secondary N) is 1. The molecular formula is C16H28N2O2. The molecule has 1 aromatic heterocycles. The molecule has 1 fully saturated rings. The van der Waals surface area contributed by atoms with Crippen LogP contribution in [0.2, 0.25) is 0 Å². The van der Waals surface area contributed by atoms with E-state index in [0.29, 0.717) is 11.8 Å². The highest BCUT2D eigenvalue weighted by atomic mass is 16.5. The molecule has 20 heavy (non-hydrogen) atoms. The van der Waals surface area contributed by atoms with Crippen LogP contribution in [-0.4, -0.2) is 38.3 Å². The first-order chi connectivity index (χ1) is 9.69. The fourth-order valence-corrected chi connectivity index (χ4v) is 2.79. The Kier molecular flexibility index (Phi) is 6.07. The van der Waals surface area contributed by atoms with Gasteiger partial charge in [-0.25, -0.2) is 0 Å². The summed E-state index contributed by atoms with van der Waals surface area (Å²) >= 11 is 0. The predicted molar refractivity (Wildman–Crippen MR) is 80.5 cm³/mol. The summed E-state index contributed by atoms with van der Waals surface area (Å²) in [5.41, 5.74) is 1.29. The molecule has 1 aromatic rings. The quantitative estimate of drug-likeness (QED) is 0.794. The first-order valence-corrected chi connectivity index (χ1v) is 7.66. The third-order valence-corrected chi connectivity index (χ3v) is 3.85. The van der Waals surface area contributed by atoms with E-state index in [1.165, 1.54) is 12.0 Å². The number of furan rings is 1. The second-order valence-electron chi connectivity index (χ2n) is 6.24. The van der Waals surface area contributed by atoms with E-state index in [2.05, 4.69) is 30.1 Å². The summed E-state index contributed by atoms with van der Waals surface area (Å²) in [6, 6.07) is 2.09. The molecule has 0 bridgehead atoms. The third kappa shape index (κ3) is 4.62. The Morgan fingerprint density at radius 2 is 2.35 bits per heavy atom. The van der Waals surface area contributed by atoms with Crippen LogP contribution >= 0.6 is 0 Å². The molecule has 0 aromatic carbocycles. The van der Waals surface area contributed by atoms with Gasteiger partial charge < -0.3 is 14.5 Å². The largest absolute Gasteiger partial charge is 0.468 e. The van der Waals surface area contributed by atoms with Crippen LogP contribution in [0.25, 0.3) is 0 Å². The van der Waals surface area contributed by atoms with E-state index in [0.717, 1.165) is 45.1 Å². The lowest BCUT2D eigenvalue weighted by molar-refractivity contribution is 0.151. The fraction of sp³-hybridized carbons (Fsp3) is 0.750. The standard InChI is InChI=1S/C16H28N2O2/c1-13(2)8-17-9-15-5-7-20-16(15)11-18-6-4-14(10-18)12-19-3/h5,7,13-14,17H,4,6,8-12H2,1-3H3. The molecular weight excluding hydrogens is 252 g/mol. The summed E-state index contributed by atoms with van der Waals surface area (Å²) in [5.74, 6) is 2.47. The molecule has 1 atom stereocenters. The molecule has 4 heteroatoms. The minimum absolute atomic E-state index is 0.678. The molecule has 2 rings (SSSR count). The molecule has 1 N–H and O–H groups in total. The van der Waals surface area contributed by atoms with Gasteiger partial charge >= 0.3 is 0 Å². The molecule has 4 nitrogen and oxygen atoms in total. The Balaban J connectivity index is 1.80. The fourth-order valence-electron chi connectivity index (χ4n) is 2.79. The van der Waals surface area contributed by atoms with Crippen molar-refractivity contribution in [2.45, 2.75) is 33.4 Å². The van der Waals surface area contributed by atoms with Crippen LogP contribution in [0.1, 0.15) is 31.6 Å². The second kappa shape index (κ2) is 7.81. The van der Waals surface area contributed by atoms with Gasteiger partial charge in [0.15, 0.2) is 0 Å². The van der Waals surface area contributed by atoms with Gasteiger partial charge in [-0.2, -0.15) is 0 Å². The summed E-state index contributed by atoms with van der Waals surface area (Å²) < 4.78 is 10.9. The van der Waals surface area contributed by atoms with E-state index in [4.69, 9.17) is 9.15 Å². The van der Waals surface area contributed by atoms with Crippen LogP contribution in [0.3, 0.4) is 0 Å². The summed E-state index contributed by atoms with van der Waals surface area (Å²) in [7, 11) is 1.79. The van der Waals surface area contributed by atoms with E-state index in [-0.39, 0.29) is 0 Å².